The number of carbonyl (C=O) groups is 1. The van der Waals surface area contributed by atoms with Gasteiger partial charge in [0, 0.05) is 42.6 Å². The zero-order valence-electron chi connectivity index (χ0n) is 14.3. The van der Waals surface area contributed by atoms with Gasteiger partial charge in [-0.2, -0.15) is 0 Å². The molecule has 2 amide bonds. The van der Waals surface area contributed by atoms with E-state index in [1.165, 1.54) is 0 Å². The molecule has 4 heterocycles. The number of anilines is 2. The van der Waals surface area contributed by atoms with Crippen LogP contribution in [0.15, 0.2) is 36.8 Å². The molecule has 8 heteroatoms. The summed E-state index contributed by atoms with van der Waals surface area (Å²) in [5.74, 6) is 0.853. The van der Waals surface area contributed by atoms with Crippen molar-refractivity contribution in [1.29, 1.82) is 0 Å². The Morgan fingerprint density at radius 1 is 1.31 bits per heavy atom. The highest BCUT2D eigenvalue weighted by molar-refractivity contribution is 5.97. The Morgan fingerprint density at radius 2 is 2.15 bits per heavy atom. The standard InChI is InChI=1S/C18H19N7O/c1-10-2-3-20-8-13(10)15-4-11-5-16(22-9-14(11)17(19)24-15)25-18(26)23-12-6-21-7-12/h2-5,8-9,12,21H,6-7H2,1H3,(H2,19,24)(H2,22,23,25,26). The van der Waals surface area contributed by atoms with Gasteiger partial charge in [0.2, 0.25) is 0 Å². The van der Waals surface area contributed by atoms with Crippen LogP contribution in [0.25, 0.3) is 22.0 Å². The Balaban J connectivity index is 1.65. The maximum absolute atomic E-state index is 12.0. The van der Waals surface area contributed by atoms with Gasteiger partial charge in [-0.05, 0) is 36.1 Å². The molecule has 3 aromatic rings. The fourth-order valence-corrected chi connectivity index (χ4v) is 2.84. The molecule has 1 saturated heterocycles. The molecule has 1 aliphatic rings. The number of pyridine rings is 3. The third-order valence-electron chi connectivity index (χ3n) is 4.42. The SMILES string of the molecule is Cc1ccncc1-c1cc2cc(NC(=O)NC3CNC3)ncc2c(N)n1. The largest absolute Gasteiger partial charge is 0.383 e. The molecule has 0 unspecified atom stereocenters. The predicted molar refractivity (Wildman–Crippen MR) is 101 cm³/mol. The van der Waals surface area contributed by atoms with Crippen LogP contribution in [0.5, 0.6) is 0 Å². The van der Waals surface area contributed by atoms with Crippen LogP contribution in [0.1, 0.15) is 5.56 Å². The van der Waals surface area contributed by atoms with E-state index in [0.29, 0.717) is 11.6 Å². The Morgan fingerprint density at radius 3 is 2.88 bits per heavy atom. The fourth-order valence-electron chi connectivity index (χ4n) is 2.84. The van der Waals surface area contributed by atoms with Gasteiger partial charge in [-0.3, -0.25) is 10.3 Å². The van der Waals surface area contributed by atoms with E-state index in [9.17, 15) is 4.79 Å². The second-order valence-electron chi connectivity index (χ2n) is 6.33. The first-order valence-corrected chi connectivity index (χ1v) is 8.35. The van der Waals surface area contributed by atoms with Crippen molar-refractivity contribution in [2.45, 2.75) is 13.0 Å². The van der Waals surface area contributed by atoms with Gasteiger partial charge >= 0.3 is 6.03 Å². The van der Waals surface area contributed by atoms with Crippen LogP contribution in [0.3, 0.4) is 0 Å². The van der Waals surface area contributed by atoms with Crippen molar-refractivity contribution in [2.75, 3.05) is 24.1 Å². The van der Waals surface area contributed by atoms with Gasteiger partial charge in [0.15, 0.2) is 0 Å². The molecule has 0 aliphatic carbocycles. The van der Waals surface area contributed by atoms with Gasteiger partial charge in [0.1, 0.15) is 11.6 Å². The number of nitrogens with one attached hydrogen (secondary N) is 3. The number of amides is 2. The second-order valence-corrected chi connectivity index (χ2v) is 6.33. The van der Waals surface area contributed by atoms with Crippen molar-refractivity contribution in [1.82, 2.24) is 25.6 Å². The Kier molecular flexibility index (Phi) is 4.10. The van der Waals surface area contributed by atoms with E-state index in [4.69, 9.17) is 5.73 Å². The molecule has 0 atom stereocenters. The maximum atomic E-state index is 12.0. The van der Waals surface area contributed by atoms with E-state index < -0.39 is 0 Å². The minimum absolute atomic E-state index is 0.162. The summed E-state index contributed by atoms with van der Waals surface area (Å²) in [5, 5.41) is 10.3. The number of hydrogen-bond acceptors (Lipinski definition) is 6. The molecule has 0 radical (unpaired) electrons. The predicted octanol–water partition coefficient (Wildman–Crippen LogP) is 1.68. The van der Waals surface area contributed by atoms with Crippen LogP contribution >= 0.6 is 0 Å². The van der Waals surface area contributed by atoms with Crippen molar-refractivity contribution in [3.8, 4) is 11.3 Å². The summed E-state index contributed by atoms with van der Waals surface area (Å²) in [4.78, 5) is 24.9. The molecule has 3 aromatic heterocycles. The number of fused-ring (bicyclic) bond motifs is 1. The number of rotatable bonds is 3. The number of aromatic nitrogens is 3. The summed E-state index contributed by atoms with van der Waals surface area (Å²) in [5.41, 5.74) is 8.83. The third kappa shape index (κ3) is 3.14. The molecule has 0 bridgehead atoms. The average molecular weight is 349 g/mol. The summed E-state index contributed by atoms with van der Waals surface area (Å²) in [7, 11) is 0. The van der Waals surface area contributed by atoms with Crippen molar-refractivity contribution in [3.63, 3.8) is 0 Å². The number of carbonyl (C=O) groups excluding carboxylic acids is 1. The molecule has 4 rings (SSSR count). The lowest BCUT2D eigenvalue weighted by atomic mass is 10.1. The molecule has 0 spiro atoms. The smallest absolute Gasteiger partial charge is 0.320 e. The van der Waals surface area contributed by atoms with Crippen molar-refractivity contribution in [2.24, 2.45) is 0 Å². The number of urea groups is 1. The number of nitrogens with zero attached hydrogens (tertiary/aromatic N) is 3. The highest BCUT2D eigenvalue weighted by Gasteiger charge is 2.19. The van der Waals surface area contributed by atoms with Crippen LogP contribution < -0.4 is 21.7 Å². The first-order chi connectivity index (χ1) is 12.6. The molecule has 0 saturated carbocycles. The van der Waals surface area contributed by atoms with Gasteiger partial charge < -0.3 is 16.4 Å². The highest BCUT2D eigenvalue weighted by atomic mass is 16.2. The van der Waals surface area contributed by atoms with Crippen LogP contribution in [-0.4, -0.2) is 40.1 Å². The van der Waals surface area contributed by atoms with E-state index in [1.54, 1.807) is 24.7 Å². The minimum atomic E-state index is -0.270. The number of aryl methyl sites for hydroxylation is 1. The van der Waals surface area contributed by atoms with Gasteiger partial charge in [-0.25, -0.2) is 14.8 Å². The molecular weight excluding hydrogens is 330 g/mol. The van der Waals surface area contributed by atoms with Crippen LogP contribution in [0.2, 0.25) is 0 Å². The minimum Gasteiger partial charge on any atom is -0.383 e. The van der Waals surface area contributed by atoms with Crippen LogP contribution in [0, 0.1) is 6.92 Å². The Hall–Kier alpha value is -3.26. The third-order valence-corrected chi connectivity index (χ3v) is 4.42. The average Bonchev–Trinajstić information content (AvgIpc) is 2.58. The molecule has 1 aliphatic heterocycles. The van der Waals surface area contributed by atoms with Gasteiger partial charge in [0.25, 0.3) is 0 Å². The van der Waals surface area contributed by atoms with Crippen LogP contribution in [-0.2, 0) is 0 Å². The van der Waals surface area contributed by atoms with E-state index >= 15 is 0 Å². The highest BCUT2D eigenvalue weighted by Crippen LogP contribution is 2.28. The van der Waals surface area contributed by atoms with Crippen LogP contribution in [0.4, 0.5) is 16.4 Å². The normalized spacial score (nSPS) is 14.0. The zero-order chi connectivity index (χ0) is 18.1. The summed E-state index contributed by atoms with van der Waals surface area (Å²) in [6, 6.07) is 5.54. The summed E-state index contributed by atoms with van der Waals surface area (Å²) < 4.78 is 0. The Bertz CT molecular complexity index is 984. The van der Waals surface area contributed by atoms with E-state index in [-0.39, 0.29) is 12.1 Å². The van der Waals surface area contributed by atoms with E-state index in [2.05, 4.69) is 30.9 Å². The summed E-state index contributed by atoms with van der Waals surface area (Å²) in [6.45, 7) is 3.57. The quantitative estimate of drug-likeness (QED) is 0.571. The lowest BCUT2D eigenvalue weighted by Gasteiger charge is -2.27. The number of hydrogen-bond donors (Lipinski definition) is 4. The lowest BCUT2D eigenvalue weighted by molar-refractivity contribution is 0.243. The first-order valence-electron chi connectivity index (χ1n) is 8.35. The second kappa shape index (κ2) is 6.57. The molecule has 5 N–H and O–H groups in total. The number of nitrogens with two attached hydrogens (primary N) is 1. The van der Waals surface area contributed by atoms with Crippen molar-refractivity contribution in [3.05, 3.63) is 42.4 Å². The maximum Gasteiger partial charge on any atom is 0.320 e. The molecule has 1 fully saturated rings. The molecule has 132 valence electrons. The molecular formula is C18H19N7O. The molecule has 8 nitrogen and oxygen atoms in total. The van der Waals surface area contributed by atoms with Gasteiger partial charge in [-0.15, -0.1) is 0 Å². The topological polar surface area (TPSA) is 118 Å². The Labute approximate surface area is 150 Å². The van der Waals surface area contributed by atoms with Gasteiger partial charge in [-0.1, -0.05) is 0 Å². The monoisotopic (exact) mass is 349 g/mol. The first kappa shape index (κ1) is 16.2. The summed E-state index contributed by atoms with van der Waals surface area (Å²) in [6.07, 6.45) is 5.13. The molecule has 0 aromatic carbocycles. The zero-order valence-corrected chi connectivity index (χ0v) is 14.3. The van der Waals surface area contributed by atoms with Crippen molar-refractivity contribution < 1.29 is 4.79 Å². The lowest BCUT2D eigenvalue weighted by Crippen LogP contribution is -2.57. The summed E-state index contributed by atoms with van der Waals surface area (Å²) >= 11 is 0. The van der Waals surface area contributed by atoms with Crippen molar-refractivity contribution >= 4 is 28.4 Å². The van der Waals surface area contributed by atoms with E-state index in [0.717, 1.165) is 40.7 Å². The van der Waals surface area contributed by atoms with E-state index in [1.807, 2.05) is 19.1 Å². The number of nitrogen functional groups attached to an aromatic ring is 1. The fraction of sp³-hybridized carbons (Fsp3) is 0.222. The molecule has 26 heavy (non-hydrogen) atoms. The van der Waals surface area contributed by atoms with Gasteiger partial charge in [0.05, 0.1) is 11.7 Å².